The molecule has 18 heavy (non-hydrogen) atoms. The maximum absolute atomic E-state index is 12.2. The Morgan fingerprint density at radius 3 is 2.83 bits per heavy atom. The van der Waals surface area contributed by atoms with E-state index in [4.69, 9.17) is 0 Å². The summed E-state index contributed by atoms with van der Waals surface area (Å²) in [7, 11) is 0. The summed E-state index contributed by atoms with van der Waals surface area (Å²) >= 11 is 0. The molecular weight excluding hydrogens is 228 g/mol. The van der Waals surface area contributed by atoms with Gasteiger partial charge in [0.15, 0.2) is 0 Å². The largest absolute Gasteiger partial charge is 0.312 e. The topological polar surface area (TPSA) is 51.3 Å². The molecule has 0 fully saturated rings. The third-order valence-electron chi connectivity index (χ3n) is 3.20. The second-order valence-electron chi connectivity index (χ2n) is 4.82. The molecule has 0 spiro atoms. The molecule has 0 bridgehead atoms. The second kappa shape index (κ2) is 5.35. The number of aromatic nitrogens is 3. The maximum atomic E-state index is 12.2. The molecule has 1 atom stereocenters. The third-order valence-corrected chi connectivity index (χ3v) is 3.20. The number of nitrogens with one attached hydrogen (secondary N) is 1. The molecule has 2 aromatic rings. The molecule has 0 saturated heterocycles. The Kier molecular flexibility index (Phi) is 3.81. The lowest BCUT2D eigenvalue weighted by atomic mass is 10.0. The van der Waals surface area contributed by atoms with E-state index >= 15 is 0 Å². The van der Waals surface area contributed by atoms with E-state index in [1.807, 2.05) is 6.20 Å². The van der Waals surface area contributed by atoms with Crippen molar-refractivity contribution in [2.45, 2.75) is 33.4 Å². The SMILES string of the molecule is CCNC(Cn1ccn2nccc2c1=O)C(C)C. The summed E-state index contributed by atoms with van der Waals surface area (Å²) in [6.45, 7) is 8.00. The van der Waals surface area contributed by atoms with Crippen molar-refractivity contribution in [1.29, 1.82) is 0 Å². The quantitative estimate of drug-likeness (QED) is 0.863. The average Bonchev–Trinajstić information content (AvgIpc) is 2.80. The molecule has 0 aliphatic carbocycles. The van der Waals surface area contributed by atoms with Crippen LogP contribution >= 0.6 is 0 Å². The van der Waals surface area contributed by atoms with E-state index < -0.39 is 0 Å². The molecule has 2 heterocycles. The predicted molar refractivity (Wildman–Crippen MR) is 71.8 cm³/mol. The molecule has 0 aromatic carbocycles. The molecule has 5 heteroatoms. The second-order valence-corrected chi connectivity index (χ2v) is 4.82. The van der Waals surface area contributed by atoms with Gasteiger partial charge in [-0.25, -0.2) is 4.52 Å². The highest BCUT2D eigenvalue weighted by Gasteiger charge is 2.14. The van der Waals surface area contributed by atoms with Crippen LogP contribution in [0, 0.1) is 5.92 Å². The fourth-order valence-corrected chi connectivity index (χ4v) is 2.09. The summed E-state index contributed by atoms with van der Waals surface area (Å²) in [5.74, 6) is 0.484. The highest BCUT2D eigenvalue weighted by atomic mass is 16.1. The zero-order valence-electron chi connectivity index (χ0n) is 11.1. The highest BCUT2D eigenvalue weighted by Crippen LogP contribution is 2.04. The van der Waals surface area contributed by atoms with Crippen LogP contribution in [0.2, 0.25) is 0 Å². The van der Waals surface area contributed by atoms with Gasteiger partial charge in [-0.15, -0.1) is 0 Å². The fourth-order valence-electron chi connectivity index (χ4n) is 2.09. The van der Waals surface area contributed by atoms with Gasteiger partial charge in [0.05, 0.1) is 6.20 Å². The maximum Gasteiger partial charge on any atom is 0.276 e. The van der Waals surface area contributed by atoms with Crippen LogP contribution in [0.25, 0.3) is 5.52 Å². The summed E-state index contributed by atoms with van der Waals surface area (Å²) in [6, 6.07) is 2.05. The van der Waals surface area contributed by atoms with E-state index in [9.17, 15) is 4.79 Å². The van der Waals surface area contributed by atoms with E-state index in [2.05, 4.69) is 31.2 Å². The normalized spacial score (nSPS) is 13.3. The fraction of sp³-hybridized carbons (Fsp3) is 0.538. The Morgan fingerprint density at radius 1 is 1.39 bits per heavy atom. The Balaban J connectivity index is 2.30. The van der Waals surface area contributed by atoms with Gasteiger partial charge in [0.25, 0.3) is 5.56 Å². The summed E-state index contributed by atoms with van der Waals surface area (Å²) in [5.41, 5.74) is 0.634. The Bertz CT molecular complexity index is 570. The lowest BCUT2D eigenvalue weighted by molar-refractivity contribution is 0.358. The Morgan fingerprint density at radius 2 is 2.17 bits per heavy atom. The van der Waals surface area contributed by atoms with Gasteiger partial charge < -0.3 is 9.88 Å². The van der Waals surface area contributed by atoms with Crippen molar-refractivity contribution in [3.05, 3.63) is 35.0 Å². The number of likely N-dealkylation sites (N-methyl/N-ethyl adjacent to an activating group) is 1. The van der Waals surface area contributed by atoms with Crippen LogP contribution < -0.4 is 10.9 Å². The standard InChI is InChI=1S/C13H20N4O/c1-4-14-11(10(2)3)9-16-7-8-17-12(13(16)18)5-6-15-17/h5-8,10-11,14H,4,9H2,1-3H3. The molecule has 5 nitrogen and oxygen atoms in total. The molecule has 0 radical (unpaired) electrons. The van der Waals surface area contributed by atoms with Crippen LogP contribution in [-0.2, 0) is 6.54 Å². The van der Waals surface area contributed by atoms with Crippen LogP contribution in [0.5, 0.6) is 0 Å². The molecular formula is C13H20N4O. The first kappa shape index (κ1) is 12.8. The van der Waals surface area contributed by atoms with Crippen molar-refractivity contribution in [2.24, 2.45) is 5.92 Å². The molecule has 1 unspecified atom stereocenters. The van der Waals surface area contributed by atoms with Crippen LogP contribution in [0.3, 0.4) is 0 Å². The van der Waals surface area contributed by atoms with Crippen molar-refractivity contribution in [3.8, 4) is 0 Å². The van der Waals surface area contributed by atoms with Gasteiger partial charge in [0.1, 0.15) is 5.52 Å². The molecule has 2 aromatic heterocycles. The van der Waals surface area contributed by atoms with E-state index in [0.29, 0.717) is 24.0 Å². The summed E-state index contributed by atoms with van der Waals surface area (Å²) in [4.78, 5) is 12.2. The van der Waals surface area contributed by atoms with E-state index in [1.165, 1.54) is 0 Å². The zero-order valence-corrected chi connectivity index (χ0v) is 11.1. The van der Waals surface area contributed by atoms with E-state index in [-0.39, 0.29) is 5.56 Å². The molecule has 0 amide bonds. The monoisotopic (exact) mass is 248 g/mol. The van der Waals surface area contributed by atoms with Crippen LogP contribution in [0.4, 0.5) is 0 Å². The lowest BCUT2D eigenvalue weighted by Crippen LogP contribution is -2.40. The average molecular weight is 248 g/mol. The minimum Gasteiger partial charge on any atom is -0.312 e. The van der Waals surface area contributed by atoms with Crippen molar-refractivity contribution < 1.29 is 0 Å². The van der Waals surface area contributed by atoms with Crippen molar-refractivity contribution in [3.63, 3.8) is 0 Å². The van der Waals surface area contributed by atoms with Crippen LogP contribution in [-0.4, -0.2) is 26.8 Å². The number of nitrogens with zero attached hydrogens (tertiary/aromatic N) is 3. The van der Waals surface area contributed by atoms with Gasteiger partial charge in [-0.2, -0.15) is 5.10 Å². The first-order valence-corrected chi connectivity index (χ1v) is 6.39. The van der Waals surface area contributed by atoms with Gasteiger partial charge >= 0.3 is 0 Å². The number of hydrogen-bond donors (Lipinski definition) is 1. The van der Waals surface area contributed by atoms with Crippen molar-refractivity contribution >= 4 is 5.52 Å². The number of hydrogen-bond acceptors (Lipinski definition) is 3. The minimum absolute atomic E-state index is 0.0125. The number of rotatable bonds is 5. The van der Waals surface area contributed by atoms with Gasteiger partial charge in [-0.05, 0) is 18.5 Å². The Hall–Kier alpha value is -1.62. The van der Waals surface area contributed by atoms with Crippen LogP contribution in [0.15, 0.2) is 29.5 Å². The molecule has 2 rings (SSSR count). The summed E-state index contributed by atoms with van der Waals surface area (Å²) in [6.07, 6.45) is 5.26. The minimum atomic E-state index is 0.0125. The van der Waals surface area contributed by atoms with Crippen LogP contribution in [0.1, 0.15) is 20.8 Å². The molecule has 1 N–H and O–H groups in total. The Labute approximate surface area is 106 Å². The van der Waals surface area contributed by atoms with Gasteiger partial charge in [0.2, 0.25) is 0 Å². The van der Waals surface area contributed by atoms with Gasteiger partial charge in [-0.1, -0.05) is 20.8 Å². The smallest absolute Gasteiger partial charge is 0.276 e. The van der Waals surface area contributed by atoms with Crippen molar-refractivity contribution in [2.75, 3.05) is 6.54 Å². The summed E-state index contributed by atoms with van der Waals surface area (Å²) < 4.78 is 3.36. The number of fused-ring (bicyclic) bond motifs is 1. The third kappa shape index (κ3) is 2.46. The van der Waals surface area contributed by atoms with Gasteiger partial charge in [-0.3, -0.25) is 4.79 Å². The molecule has 0 saturated carbocycles. The first-order valence-electron chi connectivity index (χ1n) is 6.39. The van der Waals surface area contributed by atoms with E-state index in [0.717, 1.165) is 6.54 Å². The first-order chi connectivity index (χ1) is 8.63. The molecule has 0 aliphatic rings. The van der Waals surface area contributed by atoms with Crippen molar-refractivity contribution in [1.82, 2.24) is 19.5 Å². The highest BCUT2D eigenvalue weighted by molar-refractivity contribution is 5.42. The predicted octanol–water partition coefficient (Wildman–Crippen LogP) is 1.13. The molecule has 0 aliphatic heterocycles. The lowest BCUT2D eigenvalue weighted by Gasteiger charge is -2.22. The zero-order chi connectivity index (χ0) is 13.1. The summed E-state index contributed by atoms with van der Waals surface area (Å²) in [5, 5.41) is 7.48. The van der Waals surface area contributed by atoms with E-state index in [1.54, 1.807) is 27.5 Å². The van der Waals surface area contributed by atoms with Gasteiger partial charge in [0, 0.05) is 25.0 Å². The molecule has 98 valence electrons.